The van der Waals surface area contributed by atoms with Gasteiger partial charge in [-0.15, -0.1) is 12.4 Å². The zero-order chi connectivity index (χ0) is 11.8. The Labute approximate surface area is 93.3 Å². The number of hydrogen-bond donors (Lipinski definition) is 2. The molecule has 92 valence electrons. The summed E-state index contributed by atoms with van der Waals surface area (Å²) < 4.78 is 61.7. The predicted octanol–water partition coefficient (Wildman–Crippen LogP) is 2.65. The molecule has 0 bridgehead atoms. The van der Waals surface area contributed by atoms with E-state index >= 15 is 0 Å². The average molecular weight is 264 g/mol. The predicted molar refractivity (Wildman–Crippen MR) is 48.3 cm³/mol. The summed E-state index contributed by atoms with van der Waals surface area (Å²) in [6.45, 7) is 0. The number of benzene rings is 1. The van der Waals surface area contributed by atoms with Crippen LogP contribution in [0.4, 0.5) is 22.0 Å². The molecule has 3 N–H and O–H groups in total. The Kier molecular flexibility index (Phi) is 4.51. The van der Waals surface area contributed by atoms with E-state index in [2.05, 4.69) is 5.73 Å². The summed E-state index contributed by atoms with van der Waals surface area (Å²) in [5.41, 5.74) is 3.51. The number of rotatable bonds is 1. The molecule has 0 aliphatic heterocycles. The molecule has 1 rings (SSSR count). The lowest BCUT2D eigenvalue weighted by Gasteiger charge is -2.17. The summed E-state index contributed by atoms with van der Waals surface area (Å²) in [6.07, 6.45) is -4.91. The summed E-state index contributed by atoms with van der Waals surface area (Å²) in [4.78, 5) is 0. The van der Waals surface area contributed by atoms with Gasteiger partial charge in [-0.05, 0) is 0 Å². The smallest absolute Gasteiger partial charge is 0.407 e. The number of hydrogen-bond acceptors (Lipinski definition) is 2. The highest BCUT2D eigenvalue weighted by Gasteiger charge is 2.41. The Balaban J connectivity index is 0.00000225. The molecule has 1 atom stereocenters. The Morgan fingerprint density at radius 2 is 1.69 bits per heavy atom. The zero-order valence-corrected chi connectivity index (χ0v) is 8.37. The lowest BCUT2D eigenvalue weighted by atomic mass is 10.1. The Hall–Kier alpha value is -1.08. The van der Waals surface area contributed by atoms with Crippen LogP contribution in [-0.2, 0) is 0 Å². The van der Waals surface area contributed by atoms with Crippen LogP contribution < -0.4 is 5.73 Å². The second kappa shape index (κ2) is 4.84. The normalized spacial score (nSPS) is 13.1. The van der Waals surface area contributed by atoms with E-state index in [1.807, 2.05) is 0 Å². The van der Waals surface area contributed by atoms with Gasteiger partial charge in [0.2, 0.25) is 0 Å². The lowest BCUT2D eigenvalue weighted by Crippen LogP contribution is -2.29. The first kappa shape index (κ1) is 14.9. The minimum atomic E-state index is -4.91. The van der Waals surface area contributed by atoms with Crippen LogP contribution in [0.3, 0.4) is 0 Å². The highest BCUT2D eigenvalue weighted by atomic mass is 35.5. The van der Waals surface area contributed by atoms with Gasteiger partial charge in [-0.1, -0.05) is 0 Å². The van der Waals surface area contributed by atoms with Crippen LogP contribution in [0.2, 0.25) is 0 Å². The van der Waals surface area contributed by atoms with E-state index in [1.165, 1.54) is 0 Å². The minimum Gasteiger partial charge on any atom is -0.507 e. The van der Waals surface area contributed by atoms with E-state index < -0.39 is 35.2 Å². The lowest BCUT2D eigenvalue weighted by molar-refractivity contribution is -0.150. The summed E-state index contributed by atoms with van der Waals surface area (Å²) in [6, 6.07) is -2.09. The molecule has 0 saturated carbocycles. The molecular weight excluding hydrogens is 257 g/mol. The number of phenolic OH excluding ortho intramolecular Hbond substituents is 1. The molecule has 0 spiro atoms. The number of halogens is 6. The van der Waals surface area contributed by atoms with Crippen LogP contribution in [0.1, 0.15) is 11.6 Å². The maximum atomic E-state index is 12.9. The van der Waals surface area contributed by atoms with Crippen LogP contribution in [-0.4, -0.2) is 11.3 Å². The molecule has 2 nitrogen and oxygen atoms in total. The van der Waals surface area contributed by atoms with Gasteiger partial charge in [0.1, 0.15) is 23.4 Å². The van der Waals surface area contributed by atoms with Crippen molar-refractivity contribution in [3.8, 4) is 5.75 Å². The van der Waals surface area contributed by atoms with Gasteiger partial charge >= 0.3 is 6.18 Å². The van der Waals surface area contributed by atoms with Crippen molar-refractivity contribution in [1.29, 1.82) is 0 Å². The third-order valence-electron chi connectivity index (χ3n) is 1.74. The number of phenols is 1. The Bertz CT molecular complexity index is 358. The van der Waals surface area contributed by atoms with E-state index in [4.69, 9.17) is 5.11 Å². The van der Waals surface area contributed by atoms with Crippen molar-refractivity contribution in [2.75, 3.05) is 0 Å². The molecule has 0 saturated heterocycles. The molecule has 0 heterocycles. The van der Waals surface area contributed by atoms with Crippen molar-refractivity contribution in [2.45, 2.75) is 12.2 Å². The second-order valence-electron chi connectivity index (χ2n) is 2.84. The standard InChI is InChI=1S/C8H6F5NO.ClH/c9-3-1-4(10)6(5(15)2-3)7(14)8(11,12)13;/h1-2,7,15H,14H2;1H/t7-;/m1./s1. The van der Waals surface area contributed by atoms with E-state index in [1.54, 1.807) is 0 Å². The highest BCUT2D eigenvalue weighted by molar-refractivity contribution is 5.85. The zero-order valence-electron chi connectivity index (χ0n) is 7.55. The summed E-state index contributed by atoms with van der Waals surface area (Å²) in [5.74, 6) is -3.86. The van der Waals surface area contributed by atoms with Gasteiger partial charge in [0.15, 0.2) is 0 Å². The maximum absolute atomic E-state index is 12.9. The SMILES string of the molecule is Cl.N[C@H](c1c(O)cc(F)cc1F)C(F)(F)F. The fourth-order valence-electron chi connectivity index (χ4n) is 1.04. The van der Waals surface area contributed by atoms with E-state index in [0.29, 0.717) is 6.07 Å². The molecule has 1 aromatic carbocycles. The quantitative estimate of drug-likeness (QED) is 0.765. The third-order valence-corrected chi connectivity index (χ3v) is 1.74. The van der Waals surface area contributed by atoms with Gasteiger partial charge in [0.25, 0.3) is 0 Å². The van der Waals surface area contributed by atoms with Crippen LogP contribution in [0.15, 0.2) is 12.1 Å². The van der Waals surface area contributed by atoms with Gasteiger partial charge in [0.05, 0.1) is 5.56 Å². The van der Waals surface area contributed by atoms with Crippen molar-refractivity contribution < 1.29 is 27.1 Å². The molecule has 0 amide bonds. The highest BCUT2D eigenvalue weighted by Crippen LogP contribution is 2.36. The number of alkyl halides is 3. The summed E-state index contributed by atoms with van der Waals surface area (Å²) >= 11 is 0. The van der Waals surface area contributed by atoms with Crippen LogP contribution >= 0.6 is 12.4 Å². The Morgan fingerprint density at radius 1 is 1.19 bits per heavy atom. The molecular formula is C8H7ClF5NO. The summed E-state index contributed by atoms with van der Waals surface area (Å²) in [5, 5.41) is 8.95. The molecule has 1 aromatic rings. The largest absolute Gasteiger partial charge is 0.507 e. The van der Waals surface area contributed by atoms with Crippen LogP contribution in [0.25, 0.3) is 0 Å². The monoisotopic (exact) mass is 263 g/mol. The molecule has 8 heteroatoms. The summed E-state index contributed by atoms with van der Waals surface area (Å²) in [7, 11) is 0. The fraction of sp³-hybridized carbons (Fsp3) is 0.250. The van der Waals surface area contributed by atoms with Gasteiger partial charge in [-0.2, -0.15) is 13.2 Å². The molecule has 0 radical (unpaired) electrons. The van der Waals surface area contributed by atoms with E-state index in [-0.39, 0.29) is 18.5 Å². The maximum Gasteiger partial charge on any atom is 0.407 e. The van der Waals surface area contributed by atoms with E-state index in [9.17, 15) is 22.0 Å². The van der Waals surface area contributed by atoms with Crippen molar-refractivity contribution in [2.24, 2.45) is 5.73 Å². The molecule has 0 aliphatic carbocycles. The number of aromatic hydroxyl groups is 1. The minimum absolute atomic E-state index is 0. The van der Waals surface area contributed by atoms with E-state index in [0.717, 1.165) is 0 Å². The van der Waals surface area contributed by atoms with Crippen LogP contribution in [0, 0.1) is 11.6 Å². The van der Waals surface area contributed by atoms with Gasteiger partial charge < -0.3 is 10.8 Å². The van der Waals surface area contributed by atoms with Crippen molar-refractivity contribution in [1.82, 2.24) is 0 Å². The first-order chi connectivity index (χ1) is 6.73. The van der Waals surface area contributed by atoms with Gasteiger partial charge in [-0.25, -0.2) is 8.78 Å². The van der Waals surface area contributed by atoms with Crippen LogP contribution in [0.5, 0.6) is 5.75 Å². The van der Waals surface area contributed by atoms with Crippen molar-refractivity contribution >= 4 is 12.4 Å². The average Bonchev–Trinajstić information content (AvgIpc) is 1.99. The fourth-order valence-corrected chi connectivity index (χ4v) is 1.04. The second-order valence-corrected chi connectivity index (χ2v) is 2.84. The molecule has 0 fully saturated rings. The molecule has 16 heavy (non-hydrogen) atoms. The molecule has 0 aromatic heterocycles. The van der Waals surface area contributed by atoms with Crippen molar-refractivity contribution in [3.63, 3.8) is 0 Å². The van der Waals surface area contributed by atoms with Gasteiger partial charge in [-0.3, -0.25) is 0 Å². The van der Waals surface area contributed by atoms with Crippen molar-refractivity contribution in [3.05, 3.63) is 29.3 Å². The first-order valence-corrected chi connectivity index (χ1v) is 3.73. The molecule has 0 unspecified atom stereocenters. The third kappa shape index (κ3) is 2.96. The number of nitrogens with two attached hydrogens (primary N) is 1. The topological polar surface area (TPSA) is 46.2 Å². The first-order valence-electron chi connectivity index (χ1n) is 3.73. The van der Waals surface area contributed by atoms with Gasteiger partial charge in [0, 0.05) is 12.1 Å². The molecule has 0 aliphatic rings. The Morgan fingerprint density at radius 3 is 2.06 bits per heavy atom.